The van der Waals surface area contributed by atoms with E-state index in [1.807, 2.05) is 24.4 Å². The molecule has 1 amide bonds. The number of nitrogens with zero attached hydrogens (tertiary/aromatic N) is 3. The maximum atomic E-state index is 12.0. The second-order valence-corrected chi connectivity index (χ2v) is 4.58. The molecule has 0 bridgehead atoms. The average Bonchev–Trinajstić information content (AvgIpc) is 3.21. The first-order valence-corrected chi connectivity index (χ1v) is 6.68. The van der Waals surface area contributed by atoms with E-state index in [9.17, 15) is 4.79 Å². The van der Waals surface area contributed by atoms with E-state index < -0.39 is 0 Å². The Morgan fingerprint density at radius 1 is 1.29 bits per heavy atom. The zero-order chi connectivity index (χ0) is 14.5. The Labute approximate surface area is 121 Å². The molecule has 0 fully saturated rings. The van der Waals surface area contributed by atoms with Crippen molar-refractivity contribution in [2.24, 2.45) is 0 Å². The van der Waals surface area contributed by atoms with E-state index in [2.05, 4.69) is 20.4 Å². The second-order valence-electron chi connectivity index (χ2n) is 4.58. The first-order chi connectivity index (χ1) is 10.3. The molecular formula is C15H15N5O. The highest BCUT2D eigenvalue weighted by atomic mass is 16.1. The van der Waals surface area contributed by atoms with Gasteiger partial charge in [0, 0.05) is 42.8 Å². The van der Waals surface area contributed by atoms with Crippen molar-refractivity contribution in [2.75, 3.05) is 6.54 Å². The summed E-state index contributed by atoms with van der Waals surface area (Å²) in [6, 6.07) is 9.19. The van der Waals surface area contributed by atoms with Gasteiger partial charge in [0.15, 0.2) is 0 Å². The van der Waals surface area contributed by atoms with Crippen molar-refractivity contribution in [2.45, 2.75) is 6.42 Å². The van der Waals surface area contributed by atoms with E-state index in [0.29, 0.717) is 12.1 Å². The van der Waals surface area contributed by atoms with Gasteiger partial charge < -0.3 is 10.3 Å². The number of benzene rings is 1. The summed E-state index contributed by atoms with van der Waals surface area (Å²) in [6.45, 7) is 0.571. The number of hydrogen-bond donors (Lipinski definition) is 2. The van der Waals surface area contributed by atoms with Gasteiger partial charge in [-0.05, 0) is 30.3 Å². The highest BCUT2D eigenvalue weighted by molar-refractivity contribution is 5.94. The molecule has 0 spiro atoms. The van der Waals surface area contributed by atoms with Gasteiger partial charge in [0.1, 0.15) is 0 Å². The van der Waals surface area contributed by atoms with E-state index in [4.69, 9.17) is 0 Å². The lowest BCUT2D eigenvalue weighted by molar-refractivity contribution is 0.0954. The molecule has 6 nitrogen and oxygen atoms in total. The quantitative estimate of drug-likeness (QED) is 0.745. The zero-order valence-corrected chi connectivity index (χ0v) is 11.4. The third kappa shape index (κ3) is 3.17. The fourth-order valence-electron chi connectivity index (χ4n) is 2.02. The lowest BCUT2D eigenvalue weighted by Gasteiger charge is -2.06. The third-order valence-electron chi connectivity index (χ3n) is 3.13. The van der Waals surface area contributed by atoms with Gasteiger partial charge in [-0.25, -0.2) is 9.67 Å². The molecule has 2 aromatic heterocycles. The molecule has 0 aliphatic carbocycles. The van der Waals surface area contributed by atoms with Gasteiger partial charge in [-0.1, -0.05) is 0 Å². The Hall–Kier alpha value is -2.89. The topological polar surface area (TPSA) is 75.6 Å². The molecule has 0 radical (unpaired) electrons. The van der Waals surface area contributed by atoms with Crippen LogP contribution in [0.3, 0.4) is 0 Å². The van der Waals surface area contributed by atoms with Crippen LogP contribution in [0.25, 0.3) is 5.69 Å². The maximum absolute atomic E-state index is 12.0. The third-order valence-corrected chi connectivity index (χ3v) is 3.13. The van der Waals surface area contributed by atoms with E-state index in [0.717, 1.165) is 17.8 Å². The number of nitrogens with one attached hydrogen (secondary N) is 2. The predicted molar refractivity (Wildman–Crippen MR) is 78.2 cm³/mol. The van der Waals surface area contributed by atoms with Gasteiger partial charge in [0.2, 0.25) is 0 Å². The van der Waals surface area contributed by atoms with Crippen LogP contribution in [0, 0.1) is 0 Å². The van der Waals surface area contributed by atoms with Crippen LogP contribution in [0.2, 0.25) is 0 Å². The summed E-state index contributed by atoms with van der Waals surface area (Å²) in [5, 5.41) is 7.03. The lowest BCUT2D eigenvalue weighted by Crippen LogP contribution is -2.25. The summed E-state index contributed by atoms with van der Waals surface area (Å²) in [7, 11) is 0. The first kappa shape index (κ1) is 13.1. The Morgan fingerprint density at radius 2 is 2.14 bits per heavy atom. The fraction of sp³-hybridized carbons (Fsp3) is 0.133. The summed E-state index contributed by atoms with van der Waals surface area (Å²) < 4.78 is 1.75. The first-order valence-electron chi connectivity index (χ1n) is 6.68. The largest absolute Gasteiger partial charge is 0.352 e. The van der Waals surface area contributed by atoms with Crippen LogP contribution in [0.5, 0.6) is 0 Å². The number of amides is 1. The fourth-order valence-corrected chi connectivity index (χ4v) is 2.02. The summed E-state index contributed by atoms with van der Waals surface area (Å²) in [5.41, 5.74) is 2.56. The van der Waals surface area contributed by atoms with Gasteiger partial charge in [-0.3, -0.25) is 4.79 Å². The number of H-pyrrole nitrogens is 1. The number of hydrogen-bond acceptors (Lipinski definition) is 3. The number of imidazole rings is 1. The lowest BCUT2D eigenvalue weighted by atomic mass is 10.2. The molecule has 106 valence electrons. The number of aromatic nitrogens is 4. The molecule has 0 saturated heterocycles. The van der Waals surface area contributed by atoms with Crippen molar-refractivity contribution in [1.82, 2.24) is 25.1 Å². The standard InChI is InChI=1S/C15H15N5O/c21-15(17-8-6-13-10-16-11-18-13)12-2-4-14(5-3-12)20-9-1-7-19-20/h1-5,7,9-11H,6,8H2,(H,16,18)(H,17,21). The molecule has 3 rings (SSSR count). The predicted octanol–water partition coefficient (Wildman–Crippen LogP) is 1.57. The minimum atomic E-state index is -0.0819. The van der Waals surface area contributed by atoms with Crippen LogP contribution >= 0.6 is 0 Å². The maximum Gasteiger partial charge on any atom is 0.251 e. The molecule has 0 saturated carbocycles. The van der Waals surface area contributed by atoms with E-state index in [-0.39, 0.29) is 5.91 Å². The molecule has 0 atom stereocenters. The molecule has 2 N–H and O–H groups in total. The Morgan fingerprint density at radius 3 is 2.81 bits per heavy atom. The van der Waals surface area contributed by atoms with Crippen molar-refractivity contribution in [3.63, 3.8) is 0 Å². The molecule has 6 heteroatoms. The van der Waals surface area contributed by atoms with Crippen LogP contribution in [0.15, 0.2) is 55.2 Å². The number of rotatable bonds is 5. The van der Waals surface area contributed by atoms with Crippen LogP contribution in [0.4, 0.5) is 0 Å². The van der Waals surface area contributed by atoms with Crippen LogP contribution in [0.1, 0.15) is 16.1 Å². The smallest absolute Gasteiger partial charge is 0.251 e. The molecular weight excluding hydrogens is 266 g/mol. The van der Waals surface area contributed by atoms with Crippen LogP contribution in [-0.4, -0.2) is 32.2 Å². The highest BCUT2D eigenvalue weighted by Gasteiger charge is 2.05. The number of aromatic amines is 1. The van der Waals surface area contributed by atoms with Crippen molar-refractivity contribution in [1.29, 1.82) is 0 Å². The minimum Gasteiger partial charge on any atom is -0.352 e. The Kier molecular flexibility index (Phi) is 3.77. The summed E-state index contributed by atoms with van der Waals surface area (Å²) in [5.74, 6) is -0.0819. The molecule has 21 heavy (non-hydrogen) atoms. The normalized spacial score (nSPS) is 10.5. The van der Waals surface area contributed by atoms with Gasteiger partial charge in [-0.15, -0.1) is 0 Å². The molecule has 2 heterocycles. The van der Waals surface area contributed by atoms with E-state index in [1.165, 1.54) is 0 Å². The molecule has 0 aliphatic rings. The van der Waals surface area contributed by atoms with Crippen molar-refractivity contribution in [3.8, 4) is 5.69 Å². The van der Waals surface area contributed by atoms with Crippen molar-refractivity contribution < 1.29 is 4.79 Å². The van der Waals surface area contributed by atoms with Gasteiger partial charge in [0.05, 0.1) is 12.0 Å². The SMILES string of the molecule is O=C(NCCc1cnc[nH]1)c1ccc(-n2cccn2)cc1. The van der Waals surface area contributed by atoms with Gasteiger partial charge in [0.25, 0.3) is 5.91 Å². The minimum absolute atomic E-state index is 0.0819. The summed E-state index contributed by atoms with van der Waals surface area (Å²) >= 11 is 0. The average molecular weight is 281 g/mol. The number of carbonyl (C=O) groups excluding carboxylic acids is 1. The molecule has 0 unspecified atom stereocenters. The number of carbonyl (C=O) groups is 1. The second kappa shape index (κ2) is 6.04. The Balaban J connectivity index is 1.57. The van der Waals surface area contributed by atoms with E-state index in [1.54, 1.807) is 35.5 Å². The molecule has 0 aliphatic heterocycles. The summed E-state index contributed by atoms with van der Waals surface area (Å²) in [6.07, 6.45) is 7.70. The van der Waals surface area contributed by atoms with Crippen LogP contribution in [-0.2, 0) is 6.42 Å². The van der Waals surface area contributed by atoms with E-state index >= 15 is 0 Å². The highest BCUT2D eigenvalue weighted by Crippen LogP contribution is 2.08. The molecule has 3 aromatic rings. The van der Waals surface area contributed by atoms with Gasteiger partial charge >= 0.3 is 0 Å². The summed E-state index contributed by atoms with van der Waals surface area (Å²) in [4.78, 5) is 18.9. The van der Waals surface area contributed by atoms with Crippen molar-refractivity contribution in [3.05, 3.63) is 66.5 Å². The van der Waals surface area contributed by atoms with Crippen LogP contribution < -0.4 is 5.32 Å². The monoisotopic (exact) mass is 281 g/mol. The molecule has 1 aromatic carbocycles. The zero-order valence-electron chi connectivity index (χ0n) is 11.4. The Bertz CT molecular complexity index is 686. The van der Waals surface area contributed by atoms with Gasteiger partial charge in [-0.2, -0.15) is 5.10 Å². The van der Waals surface area contributed by atoms with Crippen molar-refractivity contribution >= 4 is 5.91 Å².